The second-order valence-electron chi connectivity index (χ2n) is 5.89. The van der Waals surface area contributed by atoms with Crippen molar-refractivity contribution >= 4 is 5.91 Å². The van der Waals surface area contributed by atoms with Crippen LogP contribution >= 0.6 is 0 Å². The van der Waals surface area contributed by atoms with Crippen LogP contribution in [0.4, 0.5) is 0 Å². The van der Waals surface area contributed by atoms with Gasteiger partial charge in [-0.15, -0.1) is 0 Å². The predicted octanol–water partition coefficient (Wildman–Crippen LogP) is 2.18. The van der Waals surface area contributed by atoms with Gasteiger partial charge in [0.25, 0.3) is 0 Å². The van der Waals surface area contributed by atoms with Crippen molar-refractivity contribution in [2.24, 2.45) is 5.92 Å². The molecule has 2 fully saturated rings. The molecule has 1 amide bonds. The first-order chi connectivity index (χ1) is 9.25. The molecule has 1 saturated carbocycles. The van der Waals surface area contributed by atoms with Gasteiger partial charge in [-0.05, 0) is 30.7 Å². The van der Waals surface area contributed by atoms with Crippen molar-refractivity contribution in [1.29, 1.82) is 0 Å². The van der Waals surface area contributed by atoms with Crippen molar-refractivity contribution in [3.63, 3.8) is 0 Å². The quantitative estimate of drug-likeness (QED) is 0.901. The molecule has 1 aromatic carbocycles. The van der Waals surface area contributed by atoms with Crippen LogP contribution in [0, 0.1) is 5.92 Å². The summed E-state index contributed by atoms with van der Waals surface area (Å²) < 4.78 is 0. The van der Waals surface area contributed by atoms with Gasteiger partial charge >= 0.3 is 0 Å². The Balaban J connectivity index is 1.65. The smallest absolute Gasteiger partial charge is 0.241 e. The molecule has 3 rings (SSSR count). The van der Waals surface area contributed by atoms with Gasteiger partial charge in [0.15, 0.2) is 0 Å². The van der Waals surface area contributed by atoms with E-state index >= 15 is 0 Å². The lowest BCUT2D eigenvalue weighted by atomic mass is 10.0. The first kappa shape index (κ1) is 12.7. The molecule has 1 aliphatic carbocycles. The van der Waals surface area contributed by atoms with E-state index in [0.29, 0.717) is 17.9 Å². The number of hydrogen-bond donors (Lipinski definition) is 1. The molecule has 0 spiro atoms. The first-order valence-corrected chi connectivity index (χ1v) is 7.33. The zero-order valence-corrected chi connectivity index (χ0v) is 11.5. The molecule has 102 valence electrons. The van der Waals surface area contributed by atoms with Crippen LogP contribution in [0.15, 0.2) is 30.3 Å². The Morgan fingerprint density at radius 2 is 2.05 bits per heavy atom. The monoisotopic (exact) mass is 258 g/mol. The Labute approximate surface area is 115 Å². The predicted molar refractivity (Wildman–Crippen MR) is 75.6 cm³/mol. The maximum Gasteiger partial charge on any atom is 0.241 e. The number of carbonyl (C=O) groups is 1. The SMILES string of the molecule is CC1CCCC1N1CNC(Cc2ccccc2)C1=O. The van der Waals surface area contributed by atoms with Crippen molar-refractivity contribution in [2.75, 3.05) is 6.67 Å². The average Bonchev–Trinajstić information content (AvgIpc) is 2.98. The molecule has 1 aromatic rings. The Morgan fingerprint density at radius 3 is 2.74 bits per heavy atom. The molecular weight excluding hydrogens is 236 g/mol. The van der Waals surface area contributed by atoms with Crippen LogP contribution in [0.3, 0.4) is 0 Å². The summed E-state index contributed by atoms with van der Waals surface area (Å²) in [5, 5.41) is 3.38. The third-order valence-corrected chi connectivity index (χ3v) is 4.59. The molecule has 2 aliphatic rings. The van der Waals surface area contributed by atoms with Gasteiger partial charge in [0.05, 0.1) is 12.7 Å². The molecule has 1 N–H and O–H groups in total. The van der Waals surface area contributed by atoms with E-state index in [-0.39, 0.29) is 6.04 Å². The van der Waals surface area contributed by atoms with Gasteiger partial charge in [0.1, 0.15) is 0 Å². The maximum atomic E-state index is 12.5. The third kappa shape index (κ3) is 2.52. The second kappa shape index (κ2) is 5.33. The number of amides is 1. The molecule has 19 heavy (non-hydrogen) atoms. The van der Waals surface area contributed by atoms with Crippen LogP contribution in [0.25, 0.3) is 0 Å². The average molecular weight is 258 g/mol. The summed E-state index contributed by atoms with van der Waals surface area (Å²) in [4.78, 5) is 14.6. The summed E-state index contributed by atoms with van der Waals surface area (Å²) in [5.41, 5.74) is 1.23. The second-order valence-corrected chi connectivity index (χ2v) is 5.89. The Hall–Kier alpha value is -1.35. The summed E-state index contributed by atoms with van der Waals surface area (Å²) in [6.45, 7) is 3.00. The molecule has 0 radical (unpaired) electrons. The van der Waals surface area contributed by atoms with Crippen LogP contribution in [-0.4, -0.2) is 29.6 Å². The van der Waals surface area contributed by atoms with E-state index in [0.717, 1.165) is 13.1 Å². The first-order valence-electron chi connectivity index (χ1n) is 7.33. The summed E-state index contributed by atoms with van der Waals surface area (Å²) >= 11 is 0. The molecule has 1 heterocycles. The van der Waals surface area contributed by atoms with Gasteiger partial charge in [-0.25, -0.2) is 0 Å². The minimum atomic E-state index is -0.0322. The topological polar surface area (TPSA) is 32.3 Å². The molecule has 3 nitrogen and oxygen atoms in total. The van der Waals surface area contributed by atoms with Crippen molar-refractivity contribution < 1.29 is 4.79 Å². The maximum absolute atomic E-state index is 12.5. The fraction of sp³-hybridized carbons (Fsp3) is 0.562. The number of nitrogens with zero attached hydrogens (tertiary/aromatic N) is 1. The summed E-state index contributed by atoms with van der Waals surface area (Å²) in [6.07, 6.45) is 4.50. The molecule has 0 aromatic heterocycles. The van der Waals surface area contributed by atoms with E-state index in [1.807, 2.05) is 18.2 Å². The lowest BCUT2D eigenvalue weighted by Crippen LogP contribution is -2.40. The number of carbonyl (C=O) groups excluding carboxylic acids is 1. The Bertz CT molecular complexity index is 445. The highest BCUT2D eigenvalue weighted by molar-refractivity contribution is 5.84. The minimum Gasteiger partial charge on any atom is -0.325 e. The highest BCUT2D eigenvalue weighted by Gasteiger charge is 2.39. The van der Waals surface area contributed by atoms with Crippen LogP contribution in [-0.2, 0) is 11.2 Å². The normalized spacial score (nSPS) is 31.1. The summed E-state index contributed by atoms with van der Waals surface area (Å²) in [7, 11) is 0. The fourth-order valence-electron chi connectivity index (χ4n) is 3.45. The lowest BCUT2D eigenvalue weighted by Gasteiger charge is -2.27. The van der Waals surface area contributed by atoms with Crippen molar-refractivity contribution in [1.82, 2.24) is 10.2 Å². The van der Waals surface area contributed by atoms with Gasteiger partial charge in [-0.3, -0.25) is 10.1 Å². The van der Waals surface area contributed by atoms with E-state index < -0.39 is 0 Å². The molecule has 1 aliphatic heterocycles. The van der Waals surface area contributed by atoms with E-state index in [4.69, 9.17) is 0 Å². The van der Waals surface area contributed by atoms with E-state index in [1.54, 1.807) is 0 Å². The summed E-state index contributed by atoms with van der Waals surface area (Å²) in [6, 6.07) is 10.7. The van der Waals surface area contributed by atoms with Gasteiger partial charge in [-0.2, -0.15) is 0 Å². The minimum absolute atomic E-state index is 0.0322. The highest BCUT2D eigenvalue weighted by Crippen LogP contribution is 2.31. The fourth-order valence-corrected chi connectivity index (χ4v) is 3.45. The molecule has 0 bridgehead atoms. The third-order valence-electron chi connectivity index (χ3n) is 4.59. The zero-order chi connectivity index (χ0) is 13.2. The van der Waals surface area contributed by atoms with E-state index in [1.165, 1.54) is 24.8 Å². The Kier molecular flexibility index (Phi) is 3.56. The number of nitrogens with one attached hydrogen (secondary N) is 1. The molecule has 3 unspecified atom stereocenters. The van der Waals surface area contributed by atoms with Crippen LogP contribution in [0.2, 0.25) is 0 Å². The number of benzene rings is 1. The molecular formula is C16H22N2O. The van der Waals surface area contributed by atoms with Gasteiger partial charge < -0.3 is 4.90 Å². The Morgan fingerprint density at radius 1 is 1.26 bits per heavy atom. The lowest BCUT2D eigenvalue weighted by molar-refractivity contribution is -0.131. The molecule has 3 heteroatoms. The summed E-state index contributed by atoms with van der Waals surface area (Å²) in [5.74, 6) is 0.948. The van der Waals surface area contributed by atoms with E-state index in [9.17, 15) is 4.79 Å². The van der Waals surface area contributed by atoms with Crippen LogP contribution in [0.1, 0.15) is 31.7 Å². The number of rotatable bonds is 3. The number of hydrogen-bond acceptors (Lipinski definition) is 2. The van der Waals surface area contributed by atoms with Gasteiger partial charge in [-0.1, -0.05) is 43.7 Å². The van der Waals surface area contributed by atoms with E-state index in [2.05, 4.69) is 29.3 Å². The molecule has 3 atom stereocenters. The van der Waals surface area contributed by atoms with Gasteiger partial charge in [0, 0.05) is 6.04 Å². The van der Waals surface area contributed by atoms with Crippen LogP contribution < -0.4 is 5.32 Å². The van der Waals surface area contributed by atoms with Crippen molar-refractivity contribution in [2.45, 2.75) is 44.7 Å². The zero-order valence-electron chi connectivity index (χ0n) is 11.5. The largest absolute Gasteiger partial charge is 0.325 e. The standard InChI is InChI=1S/C16H22N2O/c1-12-6-5-9-15(12)18-11-17-14(16(18)19)10-13-7-3-2-4-8-13/h2-4,7-8,12,14-15,17H,5-6,9-11H2,1H3. The molecule has 1 saturated heterocycles. The van der Waals surface area contributed by atoms with Crippen LogP contribution in [0.5, 0.6) is 0 Å². The van der Waals surface area contributed by atoms with Crippen molar-refractivity contribution in [3.05, 3.63) is 35.9 Å². The van der Waals surface area contributed by atoms with Crippen molar-refractivity contribution in [3.8, 4) is 0 Å². The van der Waals surface area contributed by atoms with Gasteiger partial charge in [0.2, 0.25) is 5.91 Å². The highest BCUT2D eigenvalue weighted by atomic mass is 16.2.